The Morgan fingerprint density at radius 3 is 3.00 bits per heavy atom. The molecular weight excluding hydrogens is 252 g/mol. The van der Waals surface area contributed by atoms with Gasteiger partial charge in [-0.3, -0.25) is 4.79 Å². The standard InChI is InChI=1S/C12H9ClN4O/c1-7-2-3-8(4-10(7)13)17-6-14-12(18)9-5-15-16-11(9)17/h2-6H,1H3,(H,15,16,18)/p+1. The Balaban J connectivity index is 2.31. The van der Waals surface area contributed by atoms with Gasteiger partial charge in [0.25, 0.3) is 5.65 Å². The van der Waals surface area contributed by atoms with Crippen molar-refractivity contribution in [2.24, 2.45) is 0 Å². The molecule has 0 aliphatic carbocycles. The minimum Gasteiger partial charge on any atom is -0.250 e. The van der Waals surface area contributed by atoms with E-state index in [4.69, 9.17) is 11.6 Å². The van der Waals surface area contributed by atoms with Crippen molar-refractivity contribution in [1.82, 2.24) is 15.2 Å². The fourth-order valence-corrected chi connectivity index (χ4v) is 2.00. The van der Waals surface area contributed by atoms with Crippen LogP contribution >= 0.6 is 11.6 Å². The summed E-state index contributed by atoms with van der Waals surface area (Å²) in [5.74, 6) is 0. The molecule has 0 saturated carbocycles. The number of benzene rings is 1. The maximum atomic E-state index is 11.6. The first-order valence-corrected chi connectivity index (χ1v) is 5.77. The number of hydrogen-bond acceptors (Lipinski definition) is 2. The third kappa shape index (κ3) is 1.60. The molecule has 1 aromatic carbocycles. The molecule has 3 aromatic rings. The summed E-state index contributed by atoms with van der Waals surface area (Å²) in [4.78, 5) is 14.3. The number of halogens is 1. The lowest BCUT2D eigenvalue weighted by Crippen LogP contribution is -2.35. The molecule has 0 spiro atoms. The molecule has 2 N–H and O–H groups in total. The largest absolute Gasteiger partial charge is 0.319 e. The Bertz CT molecular complexity index is 790. The summed E-state index contributed by atoms with van der Waals surface area (Å²) < 4.78 is 1.80. The summed E-state index contributed by atoms with van der Waals surface area (Å²) in [5, 5.41) is 7.89. The minimum atomic E-state index is -0.173. The van der Waals surface area contributed by atoms with Gasteiger partial charge >= 0.3 is 5.56 Å². The van der Waals surface area contributed by atoms with Crippen LogP contribution in [0.1, 0.15) is 5.56 Å². The molecule has 6 heteroatoms. The molecule has 0 aliphatic rings. The maximum absolute atomic E-state index is 11.6. The summed E-state index contributed by atoms with van der Waals surface area (Å²) in [6, 6.07) is 5.70. The van der Waals surface area contributed by atoms with Gasteiger partial charge in [-0.1, -0.05) is 17.7 Å². The molecular formula is C12H10ClN4O+. The molecule has 0 aliphatic heterocycles. The Morgan fingerprint density at radius 1 is 1.39 bits per heavy atom. The summed E-state index contributed by atoms with van der Waals surface area (Å²) in [6.07, 6.45) is 3.09. The lowest BCUT2D eigenvalue weighted by molar-refractivity contribution is -0.573. The van der Waals surface area contributed by atoms with Crippen molar-refractivity contribution in [2.45, 2.75) is 6.92 Å². The van der Waals surface area contributed by atoms with E-state index in [-0.39, 0.29) is 5.56 Å². The lowest BCUT2D eigenvalue weighted by Gasteiger charge is -2.03. The zero-order chi connectivity index (χ0) is 12.7. The van der Waals surface area contributed by atoms with Crippen LogP contribution in [0, 0.1) is 6.92 Å². The number of nitrogens with one attached hydrogen (secondary N) is 2. The van der Waals surface area contributed by atoms with E-state index in [1.807, 2.05) is 25.1 Å². The van der Waals surface area contributed by atoms with Gasteiger partial charge in [0.2, 0.25) is 0 Å². The monoisotopic (exact) mass is 261 g/mol. The predicted molar refractivity (Wildman–Crippen MR) is 68.0 cm³/mol. The van der Waals surface area contributed by atoms with Crippen molar-refractivity contribution >= 4 is 22.6 Å². The van der Waals surface area contributed by atoms with Crippen LogP contribution in [0.25, 0.3) is 16.7 Å². The molecule has 0 fully saturated rings. The molecule has 3 rings (SSSR count). The number of aromatic nitrogens is 4. The molecule has 2 heterocycles. The predicted octanol–water partition coefficient (Wildman–Crippen LogP) is 1.49. The first kappa shape index (κ1) is 11.0. The molecule has 0 saturated heterocycles. The SMILES string of the molecule is Cc1ccc(-[n+]2c[nH]c(=O)c3cn[nH]c32)cc1Cl. The quantitative estimate of drug-likeness (QED) is 0.652. The van der Waals surface area contributed by atoms with Crippen LogP contribution in [0.3, 0.4) is 0 Å². The highest BCUT2D eigenvalue weighted by Crippen LogP contribution is 2.17. The number of H-pyrrole nitrogens is 2. The lowest BCUT2D eigenvalue weighted by atomic mass is 10.2. The average molecular weight is 262 g/mol. The summed E-state index contributed by atoms with van der Waals surface area (Å²) in [5.41, 5.74) is 2.33. The Labute approximate surface area is 107 Å². The van der Waals surface area contributed by atoms with E-state index in [1.165, 1.54) is 6.20 Å². The fraction of sp³-hybridized carbons (Fsp3) is 0.0833. The van der Waals surface area contributed by atoms with E-state index in [0.717, 1.165) is 11.3 Å². The number of aryl methyl sites for hydroxylation is 1. The fourth-order valence-electron chi connectivity index (χ4n) is 1.83. The van der Waals surface area contributed by atoms with Crippen LogP contribution in [-0.4, -0.2) is 15.2 Å². The Hall–Kier alpha value is -2.14. The van der Waals surface area contributed by atoms with E-state index < -0.39 is 0 Å². The molecule has 5 nitrogen and oxygen atoms in total. The normalized spacial score (nSPS) is 11.0. The van der Waals surface area contributed by atoms with Crippen LogP contribution in [-0.2, 0) is 0 Å². The van der Waals surface area contributed by atoms with Crippen LogP contribution in [0.15, 0.2) is 35.5 Å². The van der Waals surface area contributed by atoms with Crippen molar-refractivity contribution in [3.05, 3.63) is 51.7 Å². The van der Waals surface area contributed by atoms with Gasteiger partial charge in [-0.2, -0.15) is 5.10 Å². The first-order valence-electron chi connectivity index (χ1n) is 5.40. The molecule has 0 atom stereocenters. The van der Waals surface area contributed by atoms with Gasteiger partial charge in [0.1, 0.15) is 5.69 Å². The second-order valence-corrected chi connectivity index (χ2v) is 4.45. The van der Waals surface area contributed by atoms with Gasteiger partial charge in [-0.25, -0.2) is 9.55 Å². The number of fused-ring (bicyclic) bond motifs is 1. The van der Waals surface area contributed by atoms with Crippen LogP contribution < -0.4 is 10.1 Å². The van der Waals surface area contributed by atoms with Crippen LogP contribution in [0.4, 0.5) is 0 Å². The van der Waals surface area contributed by atoms with Gasteiger partial charge in [0.15, 0.2) is 11.7 Å². The molecule has 0 unspecified atom stereocenters. The van der Waals surface area contributed by atoms with Gasteiger partial charge in [0, 0.05) is 5.02 Å². The van der Waals surface area contributed by atoms with Crippen LogP contribution in [0.5, 0.6) is 0 Å². The number of nitrogens with zero attached hydrogens (tertiary/aromatic N) is 2. The summed E-state index contributed by atoms with van der Waals surface area (Å²) >= 11 is 6.11. The zero-order valence-electron chi connectivity index (χ0n) is 9.57. The summed E-state index contributed by atoms with van der Waals surface area (Å²) in [7, 11) is 0. The van der Waals surface area contributed by atoms with Crippen molar-refractivity contribution in [3.8, 4) is 5.69 Å². The zero-order valence-corrected chi connectivity index (χ0v) is 10.3. The first-order chi connectivity index (χ1) is 8.66. The second kappa shape index (κ2) is 3.96. The van der Waals surface area contributed by atoms with E-state index in [9.17, 15) is 4.79 Å². The average Bonchev–Trinajstić information content (AvgIpc) is 2.83. The highest BCUT2D eigenvalue weighted by Gasteiger charge is 2.13. The van der Waals surface area contributed by atoms with E-state index in [2.05, 4.69) is 15.2 Å². The van der Waals surface area contributed by atoms with E-state index in [1.54, 1.807) is 10.9 Å². The molecule has 18 heavy (non-hydrogen) atoms. The molecule has 0 radical (unpaired) electrons. The van der Waals surface area contributed by atoms with Crippen molar-refractivity contribution in [2.75, 3.05) is 0 Å². The number of rotatable bonds is 1. The van der Waals surface area contributed by atoms with Crippen molar-refractivity contribution in [1.29, 1.82) is 0 Å². The number of aromatic amines is 2. The van der Waals surface area contributed by atoms with Gasteiger partial charge in [-0.05, 0) is 24.6 Å². The molecule has 90 valence electrons. The van der Waals surface area contributed by atoms with Crippen LogP contribution in [0.2, 0.25) is 5.02 Å². The molecule has 0 amide bonds. The maximum Gasteiger partial charge on any atom is 0.319 e. The van der Waals surface area contributed by atoms with Gasteiger partial charge < -0.3 is 0 Å². The topological polar surface area (TPSA) is 65.4 Å². The molecule has 0 bridgehead atoms. The van der Waals surface area contributed by atoms with E-state index in [0.29, 0.717) is 16.1 Å². The third-order valence-electron chi connectivity index (χ3n) is 2.86. The minimum absolute atomic E-state index is 0.173. The number of hydrogen-bond donors (Lipinski definition) is 2. The second-order valence-electron chi connectivity index (χ2n) is 4.04. The highest BCUT2D eigenvalue weighted by atomic mass is 35.5. The third-order valence-corrected chi connectivity index (χ3v) is 3.27. The smallest absolute Gasteiger partial charge is 0.250 e. The molecule has 2 aromatic heterocycles. The van der Waals surface area contributed by atoms with Gasteiger partial charge in [0.05, 0.1) is 6.20 Å². The van der Waals surface area contributed by atoms with Crippen molar-refractivity contribution in [3.63, 3.8) is 0 Å². The van der Waals surface area contributed by atoms with E-state index >= 15 is 0 Å². The highest BCUT2D eigenvalue weighted by molar-refractivity contribution is 6.31. The summed E-state index contributed by atoms with van der Waals surface area (Å²) in [6.45, 7) is 1.94. The Kier molecular flexibility index (Phi) is 2.41. The Morgan fingerprint density at radius 2 is 2.22 bits per heavy atom. The van der Waals surface area contributed by atoms with Crippen molar-refractivity contribution < 1.29 is 4.57 Å². The van der Waals surface area contributed by atoms with Gasteiger partial charge in [-0.15, -0.1) is 5.10 Å².